The number of hydrogen-bond donors (Lipinski definition) is 1. The molecule has 0 heterocycles. The van der Waals surface area contributed by atoms with Crippen LogP contribution in [-0.2, 0) is 9.45 Å². The smallest absolute Gasteiger partial charge is 0.383 e. The highest BCUT2D eigenvalue weighted by Crippen LogP contribution is 2.20. The second-order valence-corrected chi connectivity index (χ2v) is 11.9. The Morgan fingerprint density at radius 2 is 1.29 bits per heavy atom. The van der Waals surface area contributed by atoms with E-state index >= 15 is 0 Å². The van der Waals surface area contributed by atoms with E-state index in [4.69, 9.17) is 11.1 Å². The molecule has 0 aromatic rings. The van der Waals surface area contributed by atoms with E-state index in [1.54, 1.807) is 0 Å². The molecule has 0 aliphatic heterocycles. The van der Waals surface area contributed by atoms with Crippen LogP contribution in [0.5, 0.6) is 0 Å². The molecule has 1 unspecified atom stereocenters. The highest BCUT2D eigenvalue weighted by Gasteiger charge is 2.32. The zero-order chi connectivity index (χ0) is 28.4. The first-order valence-electron chi connectivity index (χ1n) is 16.5. The number of terminal acetylenes is 1. The molecule has 0 aromatic heterocycles. The molecule has 38 heavy (non-hydrogen) atoms. The minimum atomic E-state index is 0.0285. The first kappa shape index (κ1) is 37.0. The Hall–Kier alpha value is -0.985. The van der Waals surface area contributed by atoms with Crippen molar-refractivity contribution in [2.24, 2.45) is 5.92 Å². The molecular formula is C33H65BN2O2. The van der Waals surface area contributed by atoms with Crippen molar-refractivity contribution in [3.05, 3.63) is 0 Å². The van der Waals surface area contributed by atoms with Crippen molar-refractivity contribution in [2.45, 2.75) is 176 Å². The van der Waals surface area contributed by atoms with Gasteiger partial charge in [0.2, 0.25) is 5.91 Å². The summed E-state index contributed by atoms with van der Waals surface area (Å²) in [6.45, 7) is 14.7. The topological polar surface area (TPSA) is 41.6 Å². The van der Waals surface area contributed by atoms with E-state index in [0.29, 0.717) is 37.5 Å². The van der Waals surface area contributed by atoms with E-state index in [9.17, 15) is 4.79 Å². The molecule has 4 nitrogen and oxygen atoms in total. The van der Waals surface area contributed by atoms with E-state index in [0.717, 1.165) is 25.7 Å². The summed E-state index contributed by atoms with van der Waals surface area (Å²) in [4.78, 5) is 14.9. The molecule has 0 radical (unpaired) electrons. The lowest BCUT2D eigenvalue weighted by atomic mass is 9.67. The maximum atomic E-state index is 12.5. The summed E-state index contributed by atoms with van der Waals surface area (Å²) < 4.78 is 6.24. The number of carbonyl (C=O) groups is 1. The summed E-state index contributed by atoms with van der Waals surface area (Å²) in [6, 6.07) is 0.783. The van der Waals surface area contributed by atoms with E-state index < -0.39 is 0 Å². The molecule has 0 aliphatic rings. The van der Waals surface area contributed by atoms with Crippen LogP contribution in [0.25, 0.3) is 0 Å². The van der Waals surface area contributed by atoms with Crippen LogP contribution in [-0.4, -0.2) is 43.0 Å². The fraction of sp³-hybridized carbons (Fsp3) is 0.909. The quantitative estimate of drug-likeness (QED) is 0.0652. The van der Waals surface area contributed by atoms with Crippen LogP contribution >= 0.6 is 0 Å². The van der Waals surface area contributed by atoms with Gasteiger partial charge in [-0.25, -0.2) is 0 Å². The minimum absolute atomic E-state index is 0.0285. The Labute approximate surface area is 239 Å². The van der Waals surface area contributed by atoms with Crippen molar-refractivity contribution in [2.75, 3.05) is 13.2 Å². The Bertz CT molecular complexity index is 568. The lowest BCUT2D eigenvalue weighted by Gasteiger charge is -2.37. The van der Waals surface area contributed by atoms with Gasteiger partial charge in [0.15, 0.2) is 0 Å². The standard InChI is InChI=1S/C33H65BN2O2/c1-8-11-13-14-15-16-17-18-19-20-21-22-23-24-25-26-33(37)35-29-32(10-3)28-34(38-27-12-9-2)36(30(4)5)31(6)7/h2,30-32H,8,10-29H2,1,3-7H3,(H,35,37). The molecule has 0 saturated carbocycles. The summed E-state index contributed by atoms with van der Waals surface area (Å²) in [5.74, 6) is 3.28. The van der Waals surface area contributed by atoms with Gasteiger partial charge in [0.25, 0.3) is 0 Å². The van der Waals surface area contributed by atoms with Crippen molar-refractivity contribution < 1.29 is 9.45 Å². The third-order valence-corrected chi connectivity index (χ3v) is 7.79. The van der Waals surface area contributed by atoms with Crippen LogP contribution in [0, 0.1) is 18.3 Å². The average molecular weight is 533 g/mol. The Morgan fingerprint density at radius 3 is 1.71 bits per heavy atom. The monoisotopic (exact) mass is 533 g/mol. The van der Waals surface area contributed by atoms with Crippen LogP contribution in [0.3, 0.4) is 0 Å². The number of nitrogens with zero attached hydrogens (tertiary/aromatic N) is 1. The van der Waals surface area contributed by atoms with E-state index in [2.05, 4.69) is 57.6 Å². The molecular weight excluding hydrogens is 467 g/mol. The SMILES string of the molecule is C#CCCOB(CC(CC)CNC(=O)CCCCCCCCCCCCCCCCC)N(C(C)C)C(C)C. The average Bonchev–Trinajstić information content (AvgIpc) is 2.88. The molecule has 0 spiro atoms. The number of amides is 1. The summed E-state index contributed by atoms with van der Waals surface area (Å²) in [6.07, 6.45) is 28.9. The molecule has 0 rings (SSSR count). The zero-order valence-electron chi connectivity index (χ0n) is 26.5. The maximum Gasteiger partial charge on any atom is 0.383 e. The van der Waals surface area contributed by atoms with Crippen molar-refractivity contribution in [1.29, 1.82) is 0 Å². The molecule has 0 bridgehead atoms. The minimum Gasteiger partial charge on any atom is -0.420 e. The summed E-state index contributed by atoms with van der Waals surface area (Å²) in [5.41, 5.74) is 0. The molecule has 5 heteroatoms. The third kappa shape index (κ3) is 20.9. The Morgan fingerprint density at radius 1 is 0.816 bits per heavy atom. The molecule has 222 valence electrons. The van der Waals surface area contributed by atoms with Crippen LogP contribution < -0.4 is 5.32 Å². The highest BCUT2D eigenvalue weighted by atomic mass is 16.4. The van der Waals surface area contributed by atoms with Gasteiger partial charge in [-0.05, 0) is 30.7 Å². The van der Waals surface area contributed by atoms with Gasteiger partial charge in [0.1, 0.15) is 0 Å². The first-order valence-corrected chi connectivity index (χ1v) is 16.5. The van der Waals surface area contributed by atoms with E-state index in [1.807, 2.05) is 0 Å². The van der Waals surface area contributed by atoms with Gasteiger partial charge >= 0.3 is 7.05 Å². The lowest BCUT2D eigenvalue weighted by Crippen LogP contribution is -2.51. The van der Waals surface area contributed by atoms with Crippen molar-refractivity contribution >= 4 is 13.0 Å². The normalized spacial score (nSPS) is 12.3. The molecule has 1 amide bonds. The molecule has 1 atom stereocenters. The largest absolute Gasteiger partial charge is 0.420 e. The Kier molecular flexibility index (Phi) is 25.6. The van der Waals surface area contributed by atoms with Crippen LogP contribution in [0.1, 0.15) is 157 Å². The van der Waals surface area contributed by atoms with Gasteiger partial charge < -0.3 is 14.8 Å². The molecule has 0 saturated heterocycles. The van der Waals surface area contributed by atoms with Gasteiger partial charge in [0, 0.05) is 26.0 Å². The van der Waals surface area contributed by atoms with Crippen LogP contribution in [0.15, 0.2) is 0 Å². The number of nitrogens with one attached hydrogen (secondary N) is 1. The van der Waals surface area contributed by atoms with E-state index in [1.165, 1.54) is 89.9 Å². The second kappa shape index (κ2) is 26.2. The number of unbranched alkanes of at least 4 members (excludes halogenated alkanes) is 14. The predicted octanol–water partition coefficient (Wildman–Crippen LogP) is 9.04. The number of rotatable bonds is 27. The van der Waals surface area contributed by atoms with Gasteiger partial charge in [-0.2, -0.15) is 0 Å². The fourth-order valence-electron chi connectivity index (χ4n) is 5.47. The fourth-order valence-corrected chi connectivity index (χ4v) is 5.47. The number of hydrogen-bond acceptors (Lipinski definition) is 3. The van der Waals surface area contributed by atoms with Crippen LogP contribution in [0.2, 0.25) is 6.32 Å². The Balaban J connectivity index is 4.00. The molecule has 0 fully saturated rings. The van der Waals surface area contributed by atoms with Gasteiger partial charge in [-0.3, -0.25) is 4.79 Å². The van der Waals surface area contributed by atoms with Gasteiger partial charge in [-0.15, -0.1) is 12.3 Å². The van der Waals surface area contributed by atoms with Gasteiger partial charge in [-0.1, -0.05) is 138 Å². The second-order valence-electron chi connectivity index (χ2n) is 11.9. The lowest BCUT2D eigenvalue weighted by molar-refractivity contribution is -0.121. The van der Waals surface area contributed by atoms with Crippen molar-refractivity contribution in [1.82, 2.24) is 10.1 Å². The summed E-state index contributed by atoms with van der Waals surface area (Å²) >= 11 is 0. The number of carbonyl (C=O) groups excluding carboxylic acids is 1. The van der Waals surface area contributed by atoms with Crippen molar-refractivity contribution in [3.8, 4) is 12.3 Å². The summed E-state index contributed by atoms with van der Waals surface area (Å²) in [5, 5.41) is 3.21. The zero-order valence-corrected chi connectivity index (χ0v) is 26.5. The maximum absolute atomic E-state index is 12.5. The molecule has 0 aliphatic carbocycles. The van der Waals surface area contributed by atoms with Crippen LogP contribution in [0.4, 0.5) is 0 Å². The predicted molar refractivity (Wildman–Crippen MR) is 168 cm³/mol. The van der Waals surface area contributed by atoms with Gasteiger partial charge in [0.05, 0.1) is 0 Å². The first-order chi connectivity index (χ1) is 18.4. The summed E-state index contributed by atoms with van der Waals surface area (Å²) in [7, 11) is 0.0285. The molecule has 1 N–H and O–H groups in total. The van der Waals surface area contributed by atoms with E-state index in [-0.39, 0.29) is 13.0 Å². The van der Waals surface area contributed by atoms with Crippen molar-refractivity contribution in [3.63, 3.8) is 0 Å². The highest BCUT2D eigenvalue weighted by molar-refractivity contribution is 6.49. The molecule has 0 aromatic carbocycles. The third-order valence-electron chi connectivity index (χ3n) is 7.79.